The number of rotatable bonds is 4. The van der Waals surface area contributed by atoms with Crippen molar-refractivity contribution < 1.29 is 9.53 Å². The van der Waals surface area contributed by atoms with Gasteiger partial charge in [-0.3, -0.25) is 0 Å². The molecule has 17 heavy (non-hydrogen) atoms. The highest BCUT2D eigenvalue weighted by Crippen LogP contribution is 2.30. The van der Waals surface area contributed by atoms with E-state index in [1.165, 1.54) is 12.8 Å². The molecule has 0 N–H and O–H groups in total. The summed E-state index contributed by atoms with van der Waals surface area (Å²) in [6.45, 7) is 2.71. The monoisotopic (exact) mass is 230 g/mol. The molecule has 0 aromatic heterocycles. The van der Waals surface area contributed by atoms with Crippen molar-refractivity contribution in [2.75, 3.05) is 6.61 Å². The van der Waals surface area contributed by atoms with Gasteiger partial charge in [-0.25, -0.2) is 4.79 Å². The van der Waals surface area contributed by atoms with E-state index in [0.29, 0.717) is 12.5 Å². The van der Waals surface area contributed by atoms with Crippen molar-refractivity contribution in [2.45, 2.75) is 26.2 Å². The summed E-state index contributed by atoms with van der Waals surface area (Å²) in [6, 6.07) is 10.1. The van der Waals surface area contributed by atoms with Gasteiger partial charge in [0, 0.05) is 12.0 Å². The third-order valence-corrected chi connectivity index (χ3v) is 3.15. The fourth-order valence-electron chi connectivity index (χ4n) is 2.20. The van der Waals surface area contributed by atoms with E-state index in [9.17, 15) is 4.79 Å². The number of unbranched alkanes of at least 4 members (excludes halogenated alkanes) is 1. The van der Waals surface area contributed by atoms with Crippen LogP contribution in [0.5, 0.6) is 0 Å². The topological polar surface area (TPSA) is 26.3 Å². The Bertz CT molecular complexity index is 406. The predicted octanol–water partition coefficient (Wildman–Crippen LogP) is 3.43. The lowest BCUT2D eigenvalue weighted by molar-refractivity contribution is -0.139. The second kappa shape index (κ2) is 5.67. The average molecular weight is 230 g/mol. The first-order valence-corrected chi connectivity index (χ1v) is 6.25. The van der Waals surface area contributed by atoms with Gasteiger partial charge in [0.2, 0.25) is 0 Å². The molecule has 1 atom stereocenters. The van der Waals surface area contributed by atoms with E-state index < -0.39 is 0 Å². The molecule has 1 heterocycles. The standard InChI is InChI=1S/C15H18O2/c1-2-3-7-13-11-17-15(16)10-14(13)12-8-5-4-6-9-12/h4-6,8-10,13H,2-3,7,11H2,1H3. The molecular weight excluding hydrogens is 212 g/mol. The van der Waals surface area contributed by atoms with Crippen molar-refractivity contribution in [2.24, 2.45) is 5.92 Å². The normalized spacial score (nSPS) is 19.7. The zero-order valence-corrected chi connectivity index (χ0v) is 10.2. The minimum atomic E-state index is -0.211. The largest absolute Gasteiger partial charge is 0.462 e. The Morgan fingerprint density at radius 2 is 2.06 bits per heavy atom. The number of esters is 1. The molecule has 0 saturated heterocycles. The van der Waals surface area contributed by atoms with Gasteiger partial charge in [-0.05, 0) is 17.6 Å². The lowest BCUT2D eigenvalue weighted by Crippen LogP contribution is -2.20. The number of cyclic esters (lactones) is 1. The fourth-order valence-corrected chi connectivity index (χ4v) is 2.20. The molecule has 0 aliphatic carbocycles. The second-order valence-electron chi connectivity index (χ2n) is 4.43. The van der Waals surface area contributed by atoms with Crippen LogP contribution < -0.4 is 0 Å². The lowest BCUT2D eigenvalue weighted by Gasteiger charge is -2.24. The van der Waals surface area contributed by atoms with Gasteiger partial charge in [-0.15, -0.1) is 0 Å². The van der Waals surface area contributed by atoms with Crippen molar-refractivity contribution in [3.8, 4) is 0 Å². The molecule has 0 amide bonds. The van der Waals surface area contributed by atoms with Crippen molar-refractivity contribution in [3.63, 3.8) is 0 Å². The number of benzene rings is 1. The molecule has 1 aromatic carbocycles. The van der Waals surface area contributed by atoms with Gasteiger partial charge < -0.3 is 4.74 Å². The maximum absolute atomic E-state index is 11.4. The Hall–Kier alpha value is -1.57. The Kier molecular flexibility index (Phi) is 3.97. The third kappa shape index (κ3) is 2.96. The van der Waals surface area contributed by atoms with E-state index in [-0.39, 0.29) is 5.97 Å². The molecule has 0 bridgehead atoms. The molecule has 0 saturated carbocycles. The number of carbonyl (C=O) groups excluding carboxylic acids is 1. The molecule has 1 aliphatic rings. The molecule has 1 aliphatic heterocycles. The van der Waals surface area contributed by atoms with Crippen molar-refractivity contribution >= 4 is 11.5 Å². The average Bonchev–Trinajstić information content (AvgIpc) is 2.38. The zero-order valence-electron chi connectivity index (χ0n) is 10.2. The quantitative estimate of drug-likeness (QED) is 0.741. The van der Waals surface area contributed by atoms with Crippen LogP contribution in [0, 0.1) is 5.92 Å². The highest BCUT2D eigenvalue weighted by atomic mass is 16.5. The molecule has 0 radical (unpaired) electrons. The minimum absolute atomic E-state index is 0.211. The Balaban J connectivity index is 2.22. The summed E-state index contributed by atoms with van der Waals surface area (Å²) in [5.41, 5.74) is 2.28. The molecule has 1 aromatic rings. The van der Waals surface area contributed by atoms with Crippen LogP contribution in [-0.4, -0.2) is 12.6 Å². The van der Waals surface area contributed by atoms with E-state index in [1.807, 2.05) is 18.2 Å². The summed E-state index contributed by atoms with van der Waals surface area (Å²) >= 11 is 0. The Morgan fingerprint density at radius 1 is 1.29 bits per heavy atom. The van der Waals surface area contributed by atoms with Crippen LogP contribution in [0.2, 0.25) is 0 Å². The molecule has 0 fully saturated rings. The van der Waals surface area contributed by atoms with Crippen molar-refractivity contribution in [1.29, 1.82) is 0 Å². The number of hydrogen-bond donors (Lipinski definition) is 0. The number of ether oxygens (including phenoxy) is 1. The molecular formula is C15H18O2. The summed E-state index contributed by atoms with van der Waals surface area (Å²) < 4.78 is 5.12. The molecule has 2 rings (SSSR count). The number of hydrogen-bond acceptors (Lipinski definition) is 2. The van der Waals surface area contributed by atoms with Crippen LogP contribution in [-0.2, 0) is 9.53 Å². The van der Waals surface area contributed by atoms with Gasteiger partial charge in [0.15, 0.2) is 0 Å². The third-order valence-electron chi connectivity index (χ3n) is 3.15. The maximum atomic E-state index is 11.4. The van der Waals surface area contributed by atoms with Gasteiger partial charge in [0.25, 0.3) is 0 Å². The number of carbonyl (C=O) groups is 1. The Labute approximate surface area is 102 Å². The van der Waals surface area contributed by atoms with Gasteiger partial charge in [-0.1, -0.05) is 50.1 Å². The summed E-state index contributed by atoms with van der Waals surface area (Å²) in [7, 11) is 0. The summed E-state index contributed by atoms with van der Waals surface area (Å²) in [5.74, 6) is 0.145. The van der Waals surface area contributed by atoms with E-state index in [0.717, 1.165) is 17.6 Å². The first-order valence-electron chi connectivity index (χ1n) is 6.25. The van der Waals surface area contributed by atoms with Gasteiger partial charge >= 0.3 is 5.97 Å². The summed E-state index contributed by atoms with van der Waals surface area (Å²) in [4.78, 5) is 11.4. The zero-order chi connectivity index (χ0) is 12.1. The van der Waals surface area contributed by atoms with Crippen LogP contribution in [0.1, 0.15) is 31.7 Å². The molecule has 2 heteroatoms. The first-order chi connectivity index (χ1) is 8.31. The predicted molar refractivity (Wildman–Crippen MR) is 68.4 cm³/mol. The minimum Gasteiger partial charge on any atom is -0.462 e. The highest BCUT2D eigenvalue weighted by molar-refractivity contribution is 5.93. The maximum Gasteiger partial charge on any atom is 0.331 e. The smallest absolute Gasteiger partial charge is 0.331 e. The van der Waals surface area contributed by atoms with Gasteiger partial charge in [-0.2, -0.15) is 0 Å². The Morgan fingerprint density at radius 3 is 2.76 bits per heavy atom. The van der Waals surface area contributed by atoms with Crippen LogP contribution in [0.4, 0.5) is 0 Å². The van der Waals surface area contributed by atoms with Crippen molar-refractivity contribution in [3.05, 3.63) is 42.0 Å². The summed E-state index contributed by atoms with van der Waals surface area (Å²) in [5, 5.41) is 0. The van der Waals surface area contributed by atoms with E-state index in [4.69, 9.17) is 4.74 Å². The van der Waals surface area contributed by atoms with Gasteiger partial charge in [0.05, 0.1) is 6.61 Å². The van der Waals surface area contributed by atoms with Crippen LogP contribution >= 0.6 is 0 Å². The molecule has 1 unspecified atom stereocenters. The molecule has 2 nitrogen and oxygen atoms in total. The molecule has 90 valence electrons. The van der Waals surface area contributed by atoms with Gasteiger partial charge in [0.1, 0.15) is 0 Å². The molecule has 0 spiro atoms. The van der Waals surface area contributed by atoms with E-state index in [1.54, 1.807) is 6.08 Å². The lowest BCUT2D eigenvalue weighted by atomic mass is 9.87. The van der Waals surface area contributed by atoms with E-state index in [2.05, 4.69) is 19.1 Å². The second-order valence-corrected chi connectivity index (χ2v) is 4.43. The van der Waals surface area contributed by atoms with Crippen molar-refractivity contribution in [1.82, 2.24) is 0 Å². The SMILES string of the molecule is CCCCC1COC(=O)C=C1c1ccccc1. The summed E-state index contributed by atoms with van der Waals surface area (Å²) in [6.07, 6.45) is 5.09. The van der Waals surface area contributed by atoms with Crippen LogP contribution in [0.15, 0.2) is 36.4 Å². The fraction of sp³-hybridized carbons (Fsp3) is 0.400. The van der Waals surface area contributed by atoms with E-state index >= 15 is 0 Å². The highest BCUT2D eigenvalue weighted by Gasteiger charge is 2.22. The van der Waals surface area contributed by atoms with Crippen LogP contribution in [0.25, 0.3) is 5.57 Å². The van der Waals surface area contributed by atoms with Crippen LogP contribution in [0.3, 0.4) is 0 Å². The first kappa shape index (κ1) is 11.9.